The highest BCUT2D eigenvalue weighted by molar-refractivity contribution is 7.71. The lowest BCUT2D eigenvalue weighted by molar-refractivity contribution is -0.923. The molecule has 0 aliphatic carbocycles. The predicted octanol–water partition coefficient (Wildman–Crippen LogP) is 3.19. The summed E-state index contributed by atoms with van der Waals surface area (Å²) >= 11 is 5.78. The van der Waals surface area contributed by atoms with E-state index in [0.717, 1.165) is 48.9 Å². The largest absolute Gasteiger partial charge is 0.360 e. The highest BCUT2D eigenvalue weighted by atomic mass is 32.1. The fourth-order valence-electron chi connectivity index (χ4n) is 4.18. The van der Waals surface area contributed by atoms with E-state index in [2.05, 4.69) is 70.6 Å². The van der Waals surface area contributed by atoms with E-state index in [9.17, 15) is 4.79 Å². The molecule has 2 heterocycles. The van der Waals surface area contributed by atoms with Gasteiger partial charge in [-0.1, -0.05) is 17.7 Å². The molecular formula is C24H29N4OS+. The van der Waals surface area contributed by atoms with Crippen LogP contribution in [0.1, 0.15) is 28.4 Å². The minimum Gasteiger partial charge on any atom is -0.360 e. The number of piperazine rings is 1. The third-order valence-electron chi connectivity index (χ3n) is 5.96. The average molecular weight is 422 g/mol. The van der Waals surface area contributed by atoms with E-state index >= 15 is 0 Å². The molecule has 1 saturated heterocycles. The van der Waals surface area contributed by atoms with Crippen LogP contribution in [0, 0.1) is 18.6 Å². The maximum Gasteiger partial charge on any atom is 0.188 e. The van der Waals surface area contributed by atoms with Gasteiger partial charge in [0.05, 0.1) is 31.9 Å². The maximum absolute atomic E-state index is 11.5. The van der Waals surface area contributed by atoms with Crippen molar-refractivity contribution in [3.63, 3.8) is 0 Å². The van der Waals surface area contributed by atoms with Gasteiger partial charge >= 0.3 is 0 Å². The number of aromatic nitrogens is 2. The fourth-order valence-corrected chi connectivity index (χ4v) is 4.46. The molecule has 1 N–H and O–H groups in total. The highest BCUT2D eigenvalue weighted by Gasteiger charge is 2.21. The van der Waals surface area contributed by atoms with Crippen molar-refractivity contribution in [1.82, 2.24) is 9.13 Å². The number of aryl methyl sites for hydroxylation is 2. The topological polar surface area (TPSA) is 34.6 Å². The lowest BCUT2D eigenvalue weighted by Crippen LogP contribution is -3.14. The van der Waals surface area contributed by atoms with Gasteiger partial charge in [-0.15, -0.1) is 0 Å². The maximum atomic E-state index is 11.5. The molecule has 0 unspecified atom stereocenters. The number of rotatable bonds is 5. The van der Waals surface area contributed by atoms with E-state index in [1.165, 1.54) is 21.7 Å². The third-order valence-corrected chi connectivity index (χ3v) is 6.39. The van der Waals surface area contributed by atoms with Crippen LogP contribution < -0.4 is 9.80 Å². The van der Waals surface area contributed by atoms with E-state index in [0.29, 0.717) is 0 Å². The van der Waals surface area contributed by atoms with Gasteiger partial charge in [-0.3, -0.25) is 13.9 Å². The van der Waals surface area contributed by atoms with Crippen LogP contribution in [0.2, 0.25) is 0 Å². The second kappa shape index (κ2) is 8.58. The Morgan fingerprint density at radius 3 is 2.37 bits per heavy atom. The van der Waals surface area contributed by atoms with Crippen molar-refractivity contribution in [2.75, 3.05) is 31.1 Å². The molecule has 1 aliphatic rings. The van der Waals surface area contributed by atoms with Gasteiger partial charge in [0.1, 0.15) is 0 Å². The highest BCUT2D eigenvalue weighted by Crippen LogP contribution is 2.17. The van der Waals surface area contributed by atoms with Gasteiger partial charge in [0, 0.05) is 23.6 Å². The number of ketones is 1. The van der Waals surface area contributed by atoms with Crippen LogP contribution in [0.15, 0.2) is 54.9 Å². The summed E-state index contributed by atoms with van der Waals surface area (Å²) in [6.07, 6.45) is 4.17. The molecule has 0 spiro atoms. The molecule has 156 valence electrons. The summed E-state index contributed by atoms with van der Waals surface area (Å²) in [7, 11) is 0. The van der Waals surface area contributed by atoms with Gasteiger partial charge in [-0.2, -0.15) is 0 Å². The van der Waals surface area contributed by atoms with E-state index in [4.69, 9.17) is 12.2 Å². The molecular weight excluding hydrogens is 392 g/mol. The van der Waals surface area contributed by atoms with Crippen molar-refractivity contribution in [3.05, 3.63) is 76.3 Å². The summed E-state index contributed by atoms with van der Waals surface area (Å²) in [5.41, 5.74) is 5.61. The number of hydrogen-bond donors (Lipinski definition) is 1. The molecule has 0 radical (unpaired) electrons. The van der Waals surface area contributed by atoms with Gasteiger partial charge in [0.15, 0.2) is 17.2 Å². The Morgan fingerprint density at radius 1 is 1.03 bits per heavy atom. The van der Waals surface area contributed by atoms with Gasteiger partial charge in [-0.25, -0.2) is 0 Å². The van der Waals surface area contributed by atoms with E-state index in [1.807, 2.05) is 12.1 Å². The van der Waals surface area contributed by atoms with E-state index < -0.39 is 0 Å². The lowest BCUT2D eigenvalue weighted by atomic mass is 10.1. The van der Waals surface area contributed by atoms with Crippen molar-refractivity contribution in [2.45, 2.75) is 27.4 Å². The van der Waals surface area contributed by atoms with Crippen LogP contribution in [-0.4, -0.2) is 41.1 Å². The first kappa shape index (κ1) is 20.6. The van der Waals surface area contributed by atoms with Crippen molar-refractivity contribution >= 4 is 23.7 Å². The van der Waals surface area contributed by atoms with Crippen LogP contribution in [0.3, 0.4) is 0 Å². The lowest BCUT2D eigenvalue weighted by Gasteiger charge is -2.33. The first-order valence-electron chi connectivity index (χ1n) is 10.5. The standard InChI is InChI=1S/C24H28N4OS/c1-18-4-9-23(19(2)16-18)28-15-14-27(24(28)30)17-25-10-12-26(13-11-25)22-7-5-21(6-8-22)20(3)29/h4-9,14-16H,10-13,17H2,1-3H3/p+1. The summed E-state index contributed by atoms with van der Waals surface area (Å²) < 4.78 is 5.13. The number of benzene rings is 2. The number of anilines is 1. The zero-order valence-electron chi connectivity index (χ0n) is 17.9. The van der Waals surface area contributed by atoms with Crippen molar-refractivity contribution < 1.29 is 9.69 Å². The number of hydrogen-bond acceptors (Lipinski definition) is 3. The average Bonchev–Trinajstić information content (AvgIpc) is 3.09. The number of carbonyl (C=O) groups is 1. The van der Waals surface area contributed by atoms with E-state index in [1.54, 1.807) is 6.92 Å². The summed E-state index contributed by atoms with van der Waals surface area (Å²) in [4.78, 5) is 15.4. The SMILES string of the molecule is CC(=O)c1ccc(N2CC[NH+](Cn3ccn(-c4ccc(C)cc4C)c3=S)CC2)cc1. The number of Topliss-reactive ketones (excluding diaryl/α,β-unsaturated/α-hetero) is 1. The van der Waals surface area contributed by atoms with Gasteiger partial charge in [-0.05, 0) is 68.9 Å². The third kappa shape index (κ3) is 4.25. The molecule has 0 bridgehead atoms. The second-order valence-corrected chi connectivity index (χ2v) is 8.57. The molecule has 6 heteroatoms. The Morgan fingerprint density at radius 2 is 1.73 bits per heavy atom. The number of quaternary nitrogens is 1. The Kier molecular flexibility index (Phi) is 5.88. The van der Waals surface area contributed by atoms with Crippen molar-refractivity contribution in [2.24, 2.45) is 0 Å². The van der Waals surface area contributed by atoms with Crippen LogP contribution in [0.4, 0.5) is 5.69 Å². The van der Waals surface area contributed by atoms with E-state index in [-0.39, 0.29) is 5.78 Å². The fraction of sp³-hybridized carbons (Fsp3) is 0.333. The Balaban J connectivity index is 1.40. The van der Waals surface area contributed by atoms with Crippen LogP contribution in [-0.2, 0) is 6.67 Å². The smallest absolute Gasteiger partial charge is 0.188 e. The van der Waals surface area contributed by atoms with Crippen molar-refractivity contribution in [1.29, 1.82) is 0 Å². The molecule has 1 aliphatic heterocycles. The van der Waals surface area contributed by atoms with Crippen LogP contribution in [0.5, 0.6) is 0 Å². The summed E-state index contributed by atoms with van der Waals surface area (Å²) in [5.74, 6) is 0.111. The minimum atomic E-state index is 0.111. The molecule has 4 rings (SSSR count). The summed E-state index contributed by atoms with van der Waals surface area (Å²) in [6, 6.07) is 14.4. The number of nitrogens with one attached hydrogen (secondary N) is 1. The Hall–Kier alpha value is -2.70. The number of nitrogens with zero attached hydrogens (tertiary/aromatic N) is 3. The Labute approximate surface area is 183 Å². The molecule has 3 aromatic rings. The van der Waals surface area contributed by atoms with Crippen molar-refractivity contribution in [3.8, 4) is 5.69 Å². The first-order valence-corrected chi connectivity index (χ1v) is 10.9. The quantitative estimate of drug-likeness (QED) is 0.508. The second-order valence-electron chi connectivity index (χ2n) is 8.21. The summed E-state index contributed by atoms with van der Waals surface area (Å²) in [6.45, 7) is 10.9. The molecule has 0 saturated carbocycles. The molecule has 0 atom stereocenters. The zero-order valence-corrected chi connectivity index (χ0v) is 18.7. The Bertz CT molecular complexity index is 1100. The zero-order chi connectivity index (χ0) is 21.3. The molecule has 1 fully saturated rings. The molecule has 30 heavy (non-hydrogen) atoms. The van der Waals surface area contributed by atoms with Crippen LogP contribution in [0.25, 0.3) is 5.69 Å². The van der Waals surface area contributed by atoms with Gasteiger partial charge in [0.2, 0.25) is 0 Å². The number of carbonyl (C=O) groups excluding carboxylic acids is 1. The normalized spacial score (nSPS) is 14.8. The minimum absolute atomic E-state index is 0.111. The molecule has 0 amide bonds. The summed E-state index contributed by atoms with van der Waals surface area (Å²) in [5, 5.41) is 0. The molecule has 5 nitrogen and oxygen atoms in total. The monoisotopic (exact) mass is 421 g/mol. The first-order chi connectivity index (χ1) is 14.4. The molecule has 2 aromatic carbocycles. The predicted molar refractivity (Wildman–Crippen MR) is 123 cm³/mol. The van der Waals surface area contributed by atoms with Gasteiger partial charge < -0.3 is 9.80 Å². The number of imidazole rings is 1. The molecule has 1 aromatic heterocycles. The van der Waals surface area contributed by atoms with Crippen LogP contribution >= 0.6 is 12.2 Å². The van der Waals surface area contributed by atoms with Gasteiger partial charge in [0.25, 0.3) is 0 Å².